The van der Waals surface area contributed by atoms with Gasteiger partial charge in [-0.3, -0.25) is 4.79 Å². The van der Waals surface area contributed by atoms with E-state index in [4.69, 9.17) is 11.6 Å². The Morgan fingerprint density at radius 3 is 2.33 bits per heavy atom. The molecule has 1 aliphatic rings. The van der Waals surface area contributed by atoms with Crippen LogP contribution in [0.3, 0.4) is 0 Å². The molecule has 1 unspecified atom stereocenters. The number of halogens is 1. The Morgan fingerprint density at radius 2 is 1.67 bits per heavy atom. The van der Waals surface area contributed by atoms with E-state index in [1.807, 2.05) is 47.4 Å². The molecule has 1 saturated carbocycles. The summed E-state index contributed by atoms with van der Waals surface area (Å²) in [6.45, 7) is 1.40. The van der Waals surface area contributed by atoms with E-state index >= 15 is 0 Å². The van der Waals surface area contributed by atoms with Crippen LogP contribution in [0.4, 0.5) is 0 Å². The van der Waals surface area contributed by atoms with Crippen molar-refractivity contribution in [3.63, 3.8) is 0 Å². The second kappa shape index (κ2) is 8.01. The van der Waals surface area contributed by atoms with Crippen LogP contribution >= 0.6 is 11.6 Å². The number of rotatable bonds is 7. The Morgan fingerprint density at radius 1 is 1.00 bits per heavy atom. The summed E-state index contributed by atoms with van der Waals surface area (Å²) in [5, 5.41) is -0.635. The van der Waals surface area contributed by atoms with Crippen molar-refractivity contribution in [1.82, 2.24) is 9.47 Å². The molecule has 4 heteroatoms. The van der Waals surface area contributed by atoms with Crippen LogP contribution in [0.15, 0.2) is 79.0 Å². The Kier molecular flexibility index (Phi) is 5.30. The Labute approximate surface area is 165 Å². The van der Waals surface area contributed by atoms with Crippen molar-refractivity contribution in [2.24, 2.45) is 0 Å². The number of aromatic nitrogens is 1. The Bertz CT molecular complexity index is 887. The monoisotopic (exact) mass is 378 g/mol. The van der Waals surface area contributed by atoms with E-state index in [9.17, 15) is 4.79 Å². The second-order valence-corrected chi connectivity index (χ2v) is 7.52. The van der Waals surface area contributed by atoms with Gasteiger partial charge in [0.1, 0.15) is 5.38 Å². The van der Waals surface area contributed by atoms with E-state index in [0.717, 1.165) is 30.6 Å². The molecule has 1 amide bonds. The molecule has 138 valence electrons. The summed E-state index contributed by atoms with van der Waals surface area (Å²) in [6.07, 6.45) is 4.19. The summed E-state index contributed by atoms with van der Waals surface area (Å²) in [4.78, 5) is 15.1. The number of carbonyl (C=O) groups excluding carboxylic acids is 1. The summed E-state index contributed by atoms with van der Waals surface area (Å²) >= 11 is 6.53. The van der Waals surface area contributed by atoms with Gasteiger partial charge in [-0.2, -0.15) is 0 Å². The lowest BCUT2D eigenvalue weighted by atomic mass is 10.1. The van der Waals surface area contributed by atoms with Gasteiger partial charge in [-0.1, -0.05) is 60.7 Å². The molecule has 3 aromatic rings. The first-order valence-electron chi connectivity index (χ1n) is 9.40. The average Bonchev–Trinajstić information content (AvgIpc) is 3.47. The number of carbonyl (C=O) groups is 1. The van der Waals surface area contributed by atoms with Crippen LogP contribution in [0.25, 0.3) is 0 Å². The fourth-order valence-corrected chi connectivity index (χ4v) is 3.66. The zero-order valence-corrected chi connectivity index (χ0v) is 15.9. The van der Waals surface area contributed by atoms with Crippen LogP contribution in [-0.2, 0) is 17.9 Å². The molecule has 1 aromatic heterocycles. The summed E-state index contributed by atoms with van der Waals surface area (Å²) in [5.41, 5.74) is 3.24. The standard InChI is InChI=1S/C23H23ClN2O/c24-22(19-10-5-2-6-11-19)23(27)26(20-13-14-20)17-21-12-7-15-25(21)16-18-8-3-1-4-9-18/h1-12,15,20,22H,13-14,16-17H2. The molecular formula is C23H23ClN2O. The van der Waals surface area contributed by atoms with Gasteiger partial charge in [0.05, 0.1) is 6.54 Å². The summed E-state index contributed by atoms with van der Waals surface area (Å²) < 4.78 is 2.21. The first-order valence-corrected chi connectivity index (χ1v) is 9.83. The largest absolute Gasteiger partial charge is 0.345 e. The number of hydrogen-bond acceptors (Lipinski definition) is 1. The molecule has 1 heterocycles. The van der Waals surface area contributed by atoms with Crippen LogP contribution in [0.2, 0.25) is 0 Å². The number of alkyl halides is 1. The van der Waals surface area contributed by atoms with Gasteiger partial charge in [0.2, 0.25) is 5.91 Å². The first-order chi connectivity index (χ1) is 13.2. The van der Waals surface area contributed by atoms with Crippen LogP contribution in [0, 0.1) is 0 Å². The Balaban J connectivity index is 1.51. The molecule has 3 nitrogen and oxygen atoms in total. The highest BCUT2D eigenvalue weighted by atomic mass is 35.5. The van der Waals surface area contributed by atoms with Gasteiger partial charge in [0.15, 0.2) is 0 Å². The van der Waals surface area contributed by atoms with Gasteiger partial charge in [-0.25, -0.2) is 0 Å². The van der Waals surface area contributed by atoms with Crippen LogP contribution in [0.1, 0.15) is 35.0 Å². The molecule has 1 atom stereocenters. The van der Waals surface area contributed by atoms with Crippen LogP contribution in [0.5, 0.6) is 0 Å². The third-order valence-electron chi connectivity index (χ3n) is 5.03. The number of benzene rings is 2. The predicted molar refractivity (Wildman–Crippen MR) is 109 cm³/mol. The Hall–Kier alpha value is -2.52. The summed E-state index contributed by atoms with van der Waals surface area (Å²) in [6, 6.07) is 24.4. The normalized spacial score (nSPS) is 14.7. The fourth-order valence-electron chi connectivity index (χ4n) is 3.39. The zero-order chi connectivity index (χ0) is 18.6. The lowest BCUT2D eigenvalue weighted by molar-refractivity contribution is -0.132. The summed E-state index contributed by atoms with van der Waals surface area (Å²) in [7, 11) is 0. The minimum absolute atomic E-state index is 0.00201. The molecule has 4 rings (SSSR count). The third-order valence-corrected chi connectivity index (χ3v) is 5.47. The molecule has 0 spiro atoms. The minimum Gasteiger partial charge on any atom is -0.345 e. The van der Waals surface area contributed by atoms with Crippen molar-refractivity contribution in [3.8, 4) is 0 Å². The van der Waals surface area contributed by atoms with E-state index in [0.29, 0.717) is 12.6 Å². The van der Waals surface area contributed by atoms with E-state index in [1.165, 1.54) is 5.56 Å². The van der Waals surface area contributed by atoms with E-state index < -0.39 is 5.38 Å². The van der Waals surface area contributed by atoms with Gasteiger partial charge in [-0.05, 0) is 36.1 Å². The van der Waals surface area contributed by atoms with Gasteiger partial charge < -0.3 is 9.47 Å². The van der Waals surface area contributed by atoms with Crippen molar-refractivity contribution < 1.29 is 4.79 Å². The van der Waals surface area contributed by atoms with Crippen molar-refractivity contribution in [1.29, 1.82) is 0 Å². The maximum Gasteiger partial charge on any atom is 0.245 e. The van der Waals surface area contributed by atoms with Crippen LogP contribution in [-0.4, -0.2) is 21.4 Å². The fraction of sp³-hybridized carbons (Fsp3) is 0.261. The lowest BCUT2D eigenvalue weighted by Gasteiger charge is -2.26. The van der Waals surface area contributed by atoms with Crippen molar-refractivity contribution in [2.45, 2.75) is 37.4 Å². The van der Waals surface area contributed by atoms with Gasteiger partial charge >= 0.3 is 0 Å². The van der Waals surface area contributed by atoms with Gasteiger partial charge in [0, 0.05) is 24.5 Å². The SMILES string of the molecule is O=C(C(Cl)c1ccccc1)N(Cc1cccn1Cc1ccccc1)C1CC1. The third kappa shape index (κ3) is 4.25. The molecule has 2 aromatic carbocycles. The maximum atomic E-state index is 13.1. The van der Waals surface area contributed by atoms with Crippen LogP contribution < -0.4 is 0 Å². The molecule has 0 bridgehead atoms. The molecule has 27 heavy (non-hydrogen) atoms. The zero-order valence-electron chi connectivity index (χ0n) is 15.2. The predicted octanol–water partition coefficient (Wildman–Crippen LogP) is 5.01. The number of nitrogens with zero attached hydrogens (tertiary/aromatic N) is 2. The molecule has 1 fully saturated rings. The van der Waals surface area contributed by atoms with Crippen molar-refractivity contribution >= 4 is 17.5 Å². The smallest absolute Gasteiger partial charge is 0.245 e. The quantitative estimate of drug-likeness (QED) is 0.530. The summed E-state index contributed by atoms with van der Waals surface area (Å²) in [5.74, 6) is -0.00201. The van der Waals surface area contributed by atoms with Gasteiger partial charge in [-0.15, -0.1) is 11.6 Å². The molecular weight excluding hydrogens is 356 g/mol. The number of hydrogen-bond donors (Lipinski definition) is 0. The average molecular weight is 379 g/mol. The van der Waals surface area contributed by atoms with E-state index in [2.05, 4.69) is 41.1 Å². The van der Waals surface area contributed by atoms with Crippen molar-refractivity contribution in [3.05, 3.63) is 95.8 Å². The minimum atomic E-state index is -0.635. The first kappa shape index (κ1) is 17.9. The molecule has 0 radical (unpaired) electrons. The second-order valence-electron chi connectivity index (χ2n) is 7.08. The number of amides is 1. The molecule has 0 N–H and O–H groups in total. The highest BCUT2D eigenvalue weighted by Crippen LogP contribution is 2.33. The van der Waals surface area contributed by atoms with Crippen molar-refractivity contribution in [2.75, 3.05) is 0 Å². The molecule has 1 aliphatic carbocycles. The molecule has 0 aliphatic heterocycles. The van der Waals surface area contributed by atoms with E-state index in [-0.39, 0.29) is 5.91 Å². The highest BCUT2D eigenvalue weighted by molar-refractivity contribution is 6.30. The maximum absolute atomic E-state index is 13.1. The molecule has 0 saturated heterocycles. The lowest BCUT2D eigenvalue weighted by Crippen LogP contribution is -2.35. The van der Waals surface area contributed by atoms with E-state index in [1.54, 1.807) is 0 Å². The van der Waals surface area contributed by atoms with Gasteiger partial charge in [0.25, 0.3) is 0 Å². The topological polar surface area (TPSA) is 25.2 Å². The highest BCUT2D eigenvalue weighted by Gasteiger charge is 2.36.